The van der Waals surface area contributed by atoms with E-state index >= 15 is 0 Å². The Hall–Kier alpha value is -2.66. The molecule has 0 bridgehead atoms. The molecule has 0 spiro atoms. The summed E-state index contributed by atoms with van der Waals surface area (Å²) in [6.45, 7) is 2.83. The summed E-state index contributed by atoms with van der Waals surface area (Å²) in [6.07, 6.45) is 1.86. The van der Waals surface area contributed by atoms with Crippen molar-refractivity contribution in [2.24, 2.45) is 0 Å². The number of anilines is 1. The number of rotatable bonds is 5. The zero-order valence-corrected chi connectivity index (χ0v) is 15.1. The van der Waals surface area contributed by atoms with Crippen LogP contribution < -0.4 is 14.8 Å². The molecule has 3 aromatic rings. The van der Waals surface area contributed by atoms with Gasteiger partial charge < -0.3 is 19.4 Å². The second-order valence-corrected chi connectivity index (χ2v) is 5.89. The molecule has 0 aliphatic rings. The summed E-state index contributed by atoms with van der Waals surface area (Å²) >= 11 is 6.11. The van der Waals surface area contributed by atoms with Crippen LogP contribution in [0.25, 0.3) is 10.9 Å². The van der Waals surface area contributed by atoms with Gasteiger partial charge in [0.2, 0.25) is 0 Å². The average molecular weight is 359 g/mol. The first-order valence-electron chi connectivity index (χ1n) is 7.89. The Kier molecular flexibility index (Phi) is 4.86. The quantitative estimate of drug-likeness (QED) is 0.726. The van der Waals surface area contributed by atoms with Gasteiger partial charge >= 0.3 is 0 Å². The van der Waals surface area contributed by atoms with Gasteiger partial charge in [0.1, 0.15) is 11.5 Å². The molecule has 2 aromatic carbocycles. The van der Waals surface area contributed by atoms with E-state index in [-0.39, 0.29) is 5.91 Å². The topological polar surface area (TPSA) is 52.5 Å². The van der Waals surface area contributed by atoms with Crippen molar-refractivity contribution in [3.05, 3.63) is 53.2 Å². The highest BCUT2D eigenvalue weighted by Crippen LogP contribution is 2.36. The normalized spacial score (nSPS) is 10.7. The lowest BCUT2D eigenvalue weighted by Crippen LogP contribution is -2.12. The molecule has 6 heteroatoms. The number of halogens is 1. The first-order valence-corrected chi connectivity index (χ1v) is 8.27. The second-order valence-electron chi connectivity index (χ2n) is 5.49. The summed E-state index contributed by atoms with van der Waals surface area (Å²) in [5.74, 6) is 0.721. The number of aromatic nitrogens is 1. The van der Waals surface area contributed by atoms with Gasteiger partial charge in [0.25, 0.3) is 5.91 Å². The average Bonchev–Trinajstić information content (AvgIpc) is 3.01. The Morgan fingerprint density at radius 1 is 1.16 bits per heavy atom. The van der Waals surface area contributed by atoms with Gasteiger partial charge in [-0.05, 0) is 13.0 Å². The Labute approximate surface area is 151 Å². The number of nitrogens with zero attached hydrogens (tertiary/aromatic N) is 1. The molecule has 5 nitrogen and oxygen atoms in total. The number of carbonyl (C=O) groups excluding carboxylic acids is 1. The maximum atomic E-state index is 12.9. The first kappa shape index (κ1) is 17.2. The van der Waals surface area contributed by atoms with Crippen LogP contribution in [-0.2, 0) is 6.54 Å². The Bertz CT molecular complexity index is 934. The van der Waals surface area contributed by atoms with Crippen LogP contribution in [0.2, 0.25) is 5.02 Å². The van der Waals surface area contributed by atoms with E-state index in [1.54, 1.807) is 12.1 Å². The third kappa shape index (κ3) is 3.15. The summed E-state index contributed by atoms with van der Waals surface area (Å²) in [5, 5.41) is 4.21. The van der Waals surface area contributed by atoms with Gasteiger partial charge in [0.05, 0.1) is 30.5 Å². The van der Waals surface area contributed by atoms with Gasteiger partial charge in [-0.25, -0.2) is 0 Å². The van der Waals surface area contributed by atoms with E-state index in [4.69, 9.17) is 21.1 Å². The molecule has 0 aliphatic carbocycles. The van der Waals surface area contributed by atoms with Gasteiger partial charge in [-0.3, -0.25) is 4.79 Å². The highest BCUT2D eigenvalue weighted by Gasteiger charge is 2.17. The Balaban J connectivity index is 2.01. The molecular formula is C19H19ClN2O3. The van der Waals surface area contributed by atoms with Crippen molar-refractivity contribution in [2.45, 2.75) is 13.5 Å². The van der Waals surface area contributed by atoms with E-state index in [0.717, 1.165) is 17.4 Å². The number of ether oxygens (including phenoxy) is 2. The van der Waals surface area contributed by atoms with E-state index in [0.29, 0.717) is 27.8 Å². The predicted molar refractivity (Wildman–Crippen MR) is 100 cm³/mol. The molecule has 0 radical (unpaired) electrons. The molecule has 0 saturated heterocycles. The zero-order chi connectivity index (χ0) is 18.0. The molecule has 130 valence electrons. The Morgan fingerprint density at radius 2 is 1.88 bits per heavy atom. The van der Waals surface area contributed by atoms with E-state index in [2.05, 4.69) is 5.32 Å². The van der Waals surface area contributed by atoms with Gasteiger partial charge in [0.15, 0.2) is 0 Å². The van der Waals surface area contributed by atoms with Crippen LogP contribution in [0, 0.1) is 0 Å². The summed E-state index contributed by atoms with van der Waals surface area (Å²) in [5.41, 5.74) is 2.13. The minimum Gasteiger partial charge on any atom is -0.495 e. The highest BCUT2D eigenvalue weighted by molar-refractivity contribution is 6.32. The molecule has 0 atom stereocenters. The fraction of sp³-hybridized carbons (Fsp3) is 0.211. The van der Waals surface area contributed by atoms with Crippen LogP contribution >= 0.6 is 11.6 Å². The molecule has 0 saturated carbocycles. The van der Waals surface area contributed by atoms with Crippen molar-refractivity contribution >= 4 is 34.1 Å². The van der Waals surface area contributed by atoms with Crippen LogP contribution in [0.15, 0.2) is 42.6 Å². The summed E-state index contributed by atoms with van der Waals surface area (Å²) < 4.78 is 12.6. The molecule has 3 rings (SSSR count). The lowest BCUT2D eigenvalue weighted by Gasteiger charge is -2.13. The van der Waals surface area contributed by atoms with Crippen molar-refractivity contribution in [1.29, 1.82) is 0 Å². The van der Waals surface area contributed by atoms with Crippen molar-refractivity contribution in [1.82, 2.24) is 4.57 Å². The van der Waals surface area contributed by atoms with Crippen LogP contribution in [0.3, 0.4) is 0 Å². The van der Waals surface area contributed by atoms with E-state index in [9.17, 15) is 4.79 Å². The second kappa shape index (κ2) is 7.07. The fourth-order valence-corrected chi connectivity index (χ4v) is 3.07. The van der Waals surface area contributed by atoms with E-state index in [1.807, 2.05) is 42.0 Å². The van der Waals surface area contributed by atoms with Crippen LogP contribution in [0.4, 0.5) is 5.69 Å². The number of carbonyl (C=O) groups is 1. The molecule has 0 aliphatic heterocycles. The summed E-state index contributed by atoms with van der Waals surface area (Å²) in [7, 11) is 3.05. The molecule has 0 fully saturated rings. The maximum absolute atomic E-state index is 12.9. The van der Waals surface area contributed by atoms with Crippen molar-refractivity contribution in [2.75, 3.05) is 19.5 Å². The van der Waals surface area contributed by atoms with Crippen molar-refractivity contribution < 1.29 is 14.3 Å². The van der Waals surface area contributed by atoms with Crippen LogP contribution in [0.5, 0.6) is 11.5 Å². The highest BCUT2D eigenvalue weighted by atomic mass is 35.5. The number of nitrogens with one attached hydrogen (secondary N) is 1. The van der Waals surface area contributed by atoms with E-state index in [1.165, 1.54) is 14.2 Å². The molecule has 1 aromatic heterocycles. The predicted octanol–water partition coefficient (Wildman–Crippen LogP) is 4.58. The largest absolute Gasteiger partial charge is 0.495 e. The minimum absolute atomic E-state index is 0.217. The third-order valence-electron chi connectivity index (χ3n) is 4.10. The number of para-hydroxylation sites is 1. The number of hydrogen-bond donors (Lipinski definition) is 1. The standard InChI is InChI=1S/C19H19ClN2O3/c1-4-22-11-13(12-7-5-6-8-16(12)22)19(23)21-15-10-17(24-2)14(20)9-18(15)25-3/h5-11H,4H2,1-3H3,(H,21,23). The number of amides is 1. The van der Waals surface area contributed by atoms with Gasteiger partial charge in [-0.1, -0.05) is 29.8 Å². The lowest BCUT2D eigenvalue weighted by atomic mass is 10.1. The Morgan fingerprint density at radius 3 is 2.56 bits per heavy atom. The molecule has 1 N–H and O–H groups in total. The monoisotopic (exact) mass is 358 g/mol. The number of benzene rings is 2. The van der Waals surface area contributed by atoms with Gasteiger partial charge in [0, 0.05) is 35.8 Å². The number of methoxy groups -OCH3 is 2. The van der Waals surface area contributed by atoms with Crippen LogP contribution in [0.1, 0.15) is 17.3 Å². The summed E-state index contributed by atoms with van der Waals surface area (Å²) in [4.78, 5) is 12.9. The van der Waals surface area contributed by atoms with Gasteiger partial charge in [-0.15, -0.1) is 0 Å². The van der Waals surface area contributed by atoms with E-state index < -0.39 is 0 Å². The number of fused-ring (bicyclic) bond motifs is 1. The smallest absolute Gasteiger partial charge is 0.257 e. The lowest BCUT2D eigenvalue weighted by molar-refractivity contribution is 0.102. The van der Waals surface area contributed by atoms with Crippen molar-refractivity contribution in [3.8, 4) is 11.5 Å². The molecular weight excluding hydrogens is 340 g/mol. The van der Waals surface area contributed by atoms with Crippen molar-refractivity contribution in [3.63, 3.8) is 0 Å². The molecule has 25 heavy (non-hydrogen) atoms. The fourth-order valence-electron chi connectivity index (χ4n) is 2.84. The first-order chi connectivity index (χ1) is 12.1. The zero-order valence-electron chi connectivity index (χ0n) is 14.3. The van der Waals surface area contributed by atoms with Crippen LogP contribution in [-0.4, -0.2) is 24.7 Å². The molecule has 0 unspecified atom stereocenters. The SMILES string of the molecule is CCn1cc(C(=O)Nc2cc(OC)c(Cl)cc2OC)c2ccccc21. The molecule has 1 amide bonds. The molecule has 1 heterocycles. The number of aryl methyl sites for hydroxylation is 1. The maximum Gasteiger partial charge on any atom is 0.257 e. The summed E-state index contributed by atoms with van der Waals surface area (Å²) in [6, 6.07) is 11.1. The minimum atomic E-state index is -0.217. The third-order valence-corrected chi connectivity index (χ3v) is 4.39. The van der Waals surface area contributed by atoms with Gasteiger partial charge in [-0.2, -0.15) is 0 Å². The number of hydrogen-bond acceptors (Lipinski definition) is 3.